The first-order valence-corrected chi connectivity index (χ1v) is 11.8. The molecular weight excluding hydrogens is 441 g/mol. The van der Waals surface area contributed by atoms with Crippen molar-refractivity contribution < 1.29 is 9.18 Å². The third kappa shape index (κ3) is 3.45. The Bertz CT molecular complexity index is 1280. The van der Waals surface area contributed by atoms with E-state index in [1.54, 1.807) is 12.3 Å². The Morgan fingerprint density at radius 2 is 2.03 bits per heavy atom. The summed E-state index contributed by atoms with van der Waals surface area (Å²) in [6, 6.07) is 8.11. The highest BCUT2D eigenvalue weighted by molar-refractivity contribution is 7.21. The van der Waals surface area contributed by atoms with Gasteiger partial charge in [-0.25, -0.2) is 14.4 Å². The molecule has 10 heteroatoms. The Morgan fingerprint density at radius 1 is 1.21 bits per heavy atom. The van der Waals surface area contributed by atoms with E-state index in [0.29, 0.717) is 24.1 Å². The summed E-state index contributed by atoms with van der Waals surface area (Å²) in [6.45, 7) is 2.78. The lowest BCUT2D eigenvalue weighted by atomic mass is 9.64. The van der Waals surface area contributed by atoms with E-state index in [9.17, 15) is 9.18 Å². The number of benzene rings is 1. The number of carbonyl (C=O) groups is 1. The van der Waals surface area contributed by atoms with Crippen molar-refractivity contribution in [1.82, 2.24) is 29.9 Å². The number of halogens is 1. The minimum absolute atomic E-state index is 0.0309. The number of aromatic nitrogens is 5. The maximum Gasteiger partial charge on any atom is 0.256 e. The molecule has 33 heavy (non-hydrogen) atoms. The number of fused-ring (bicyclic) bond motifs is 3. The van der Waals surface area contributed by atoms with E-state index in [2.05, 4.69) is 32.4 Å². The van der Waals surface area contributed by atoms with Gasteiger partial charge in [0.05, 0.1) is 29.7 Å². The van der Waals surface area contributed by atoms with Crippen LogP contribution in [0.4, 0.5) is 9.52 Å². The second-order valence-electron chi connectivity index (χ2n) is 8.73. The molecule has 168 valence electrons. The summed E-state index contributed by atoms with van der Waals surface area (Å²) in [5.41, 5.74) is 1.61. The zero-order valence-electron chi connectivity index (χ0n) is 17.9. The standard InChI is InChI=1S/C23H22FN7OS/c1-13-14-9-16(10-14)30(20(13)12-26-23-29-18-3-2-6-25-21(18)33-23)22(32)17-11-15(24)4-5-19(17)31-27-7-8-28-31/h2-8,11,13-14,16,20H,9-10,12H2,1H3,(H,26,29)/t13-,14?,16?,20-/m0/s1. The lowest BCUT2D eigenvalue weighted by molar-refractivity contribution is -0.0502. The minimum atomic E-state index is -0.456. The Kier molecular flexibility index (Phi) is 4.83. The predicted octanol–water partition coefficient (Wildman–Crippen LogP) is 3.76. The fraction of sp³-hybridized carbons (Fsp3) is 0.348. The van der Waals surface area contributed by atoms with Crippen molar-refractivity contribution in [3.05, 3.63) is 60.3 Å². The van der Waals surface area contributed by atoms with Gasteiger partial charge in [-0.05, 0) is 55.0 Å². The molecule has 4 aromatic rings. The first kappa shape index (κ1) is 20.2. The van der Waals surface area contributed by atoms with Crippen molar-refractivity contribution >= 4 is 32.7 Å². The number of pyridine rings is 1. The largest absolute Gasteiger partial charge is 0.359 e. The number of hydrogen-bond acceptors (Lipinski definition) is 7. The van der Waals surface area contributed by atoms with Crippen molar-refractivity contribution in [2.24, 2.45) is 11.8 Å². The normalized spacial score (nSPS) is 24.0. The van der Waals surface area contributed by atoms with E-state index < -0.39 is 5.82 Å². The van der Waals surface area contributed by atoms with E-state index >= 15 is 0 Å². The summed E-state index contributed by atoms with van der Waals surface area (Å²) >= 11 is 1.50. The van der Waals surface area contributed by atoms with Crippen LogP contribution in [-0.2, 0) is 0 Å². The van der Waals surface area contributed by atoms with Crippen molar-refractivity contribution in [1.29, 1.82) is 0 Å². The second kappa shape index (κ2) is 7.87. The number of rotatable bonds is 5. The summed E-state index contributed by atoms with van der Waals surface area (Å²) < 4.78 is 14.2. The van der Waals surface area contributed by atoms with Crippen LogP contribution in [0.3, 0.4) is 0 Å². The molecule has 1 amide bonds. The van der Waals surface area contributed by atoms with E-state index in [-0.39, 0.29) is 23.6 Å². The van der Waals surface area contributed by atoms with E-state index in [1.165, 1.54) is 40.7 Å². The van der Waals surface area contributed by atoms with Gasteiger partial charge in [0, 0.05) is 18.8 Å². The van der Waals surface area contributed by atoms with Crippen LogP contribution in [0.2, 0.25) is 0 Å². The van der Waals surface area contributed by atoms with Gasteiger partial charge in [-0.2, -0.15) is 15.0 Å². The summed E-state index contributed by atoms with van der Waals surface area (Å²) in [5.74, 6) is 0.276. The zero-order valence-corrected chi connectivity index (χ0v) is 18.7. The molecule has 2 aliphatic heterocycles. The number of carbonyl (C=O) groups excluding carboxylic acids is 1. The van der Waals surface area contributed by atoms with Gasteiger partial charge in [0.2, 0.25) is 0 Å². The van der Waals surface area contributed by atoms with Gasteiger partial charge >= 0.3 is 0 Å². The van der Waals surface area contributed by atoms with E-state index in [1.807, 2.05) is 17.0 Å². The van der Waals surface area contributed by atoms with Gasteiger partial charge < -0.3 is 10.2 Å². The molecule has 2 bridgehead atoms. The van der Waals surface area contributed by atoms with Crippen LogP contribution in [0.1, 0.15) is 30.1 Å². The fourth-order valence-corrected chi connectivity index (χ4v) is 5.91. The van der Waals surface area contributed by atoms with E-state index in [4.69, 9.17) is 0 Å². The molecule has 1 aromatic carbocycles. The van der Waals surface area contributed by atoms with Gasteiger partial charge in [-0.3, -0.25) is 4.79 Å². The van der Waals surface area contributed by atoms with Gasteiger partial charge in [0.15, 0.2) is 5.13 Å². The summed E-state index contributed by atoms with van der Waals surface area (Å²) in [4.78, 5) is 27.0. The van der Waals surface area contributed by atoms with Crippen LogP contribution in [0.25, 0.3) is 16.0 Å². The van der Waals surface area contributed by atoms with Crippen LogP contribution in [-0.4, -0.2) is 54.4 Å². The molecule has 7 rings (SSSR count). The molecule has 1 saturated carbocycles. The van der Waals surface area contributed by atoms with Gasteiger partial charge in [-0.15, -0.1) is 0 Å². The maximum atomic E-state index is 14.2. The highest BCUT2D eigenvalue weighted by Gasteiger charge is 2.50. The van der Waals surface area contributed by atoms with Crippen molar-refractivity contribution in [2.45, 2.75) is 31.8 Å². The Morgan fingerprint density at radius 3 is 2.82 bits per heavy atom. The lowest BCUT2D eigenvalue weighted by Gasteiger charge is -2.57. The Hall–Kier alpha value is -3.40. The van der Waals surface area contributed by atoms with Crippen molar-refractivity contribution in [3.63, 3.8) is 0 Å². The molecule has 8 nitrogen and oxygen atoms in total. The number of nitrogens with zero attached hydrogens (tertiary/aromatic N) is 6. The molecule has 0 unspecified atom stereocenters. The molecule has 3 aliphatic rings. The molecule has 5 heterocycles. The molecule has 3 aromatic heterocycles. The molecular formula is C23H22FN7OS. The molecule has 0 radical (unpaired) electrons. The number of hydrogen-bond donors (Lipinski definition) is 1. The first-order valence-electron chi connectivity index (χ1n) is 11.0. The van der Waals surface area contributed by atoms with Gasteiger partial charge in [0.25, 0.3) is 5.91 Å². The average molecular weight is 464 g/mol. The van der Waals surface area contributed by atoms with Gasteiger partial charge in [-0.1, -0.05) is 18.3 Å². The smallest absolute Gasteiger partial charge is 0.256 e. The van der Waals surface area contributed by atoms with Crippen LogP contribution in [0, 0.1) is 17.7 Å². The van der Waals surface area contributed by atoms with Crippen LogP contribution in [0.15, 0.2) is 48.9 Å². The number of anilines is 1. The number of thiazole rings is 1. The highest BCUT2D eigenvalue weighted by atomic mass is 32.1. The number of nitrogens with one attached hydrogen (secondary N) is 1. The van der Waals surface area contributed by atoms with Crippen LogP contribution < -0.4 is 5.32 Å². The topological polar surface area (TPSA) is 88.8 Å². The fourth-order valence-electron chi connectivity index (χ4n) is 5.10. The SMILES string of the molecule is C[C@H]1C2CC(C2)N(C(=O)c2cc(F)ccc2-n2nccn2)[C@H]1CNc1nc2cccnc2s1. The lowest BCUT2D eigenvalue weighted by Crippen LogP contribution is -2.64. The van der Waals surface area contributed by atoms with Crippen LogP contribution in [0.5, 0.6) is 0 Å². The van der Waals surface area contributed by atoms with Gasteiger partial charge in [0.1, 0.15) is 16.2 Å². The molecule has 1 aliphatic carbocycles. The molecule has 0 spiro atoms. The van der Waals surface area contributed by atoms with Crippen molar-refractivity contribution in [3.8, 4) is 5.69 Å². The summed E-state index contributed by atoms with van der Waals surface area (Å²) in [7, 11) is 0. The molecule has 2 saturated heterocycles. The number of piperidine rings is 2. The minimum Gasteiger partial charge on any atom is -0.359 e. The average Bonchev–Trinajstić information content (AvgIpc) is 3.46. The molecule has 3 fully saturated rings. The Balaban J connectivity index is 1.31. The summed E-state index contributed by atoms with van der Waals surface area (Å²) in [5, 5.41) is 12.5. The van der Waals surface area contributed by atoms with Crippen molar-refractivity contribution in [2.75, 3.05) is 11.9 Å². The molecule has 2 atom stereocenters. The Labute approximate surface area is 193 Å². The highest BCUT2D eigenvalue weighted by Crippen LogP contribution is 2.47. The summed E-state index contributed by atoms with van der Waals surface area (Å²) in [6.07, 6.45) is 6.80. The molecule has 1 N–H and O–H groups in total. The predicted molar refractivity (Wildman–Crippen MR) is 123 cm³/mol. The third-order valence-electron chi connectivity index (χ3n) is 6.94. The monoisotopic (exact) mass is 463 g/mol. The first-order chi connectivity index (χ1) is 16.1. The van der Waals surface area contributed by atoms with E-state index in [0.717, 1.165) is 28.3 Å². The number of amides is 1. The third-order valence-corrected chi connectivity index (χ3v) is 7.87. The second-order valence-corrected chi connectivity index (χ2v) is 9.71. The van der Waals surface area contributed by atoms with Crippen LogP contribution >= 0.6 is 11.3 Å². The quantitative estimate of drug-likeness (QED) is 0.485. The zero-order chi connectivity index (χ0) is 22.5. The maximum absolute atomic E-state index is 14.2.